The number of rotatable bonds is 3. The van der Waals surface area contributed by atoms with Crippen molar-refractivity contribution in [2.24, 2.45) is 5.92 Å². The molecule has 1 atom stereocenters. The summed E-state index contributed by atoms with van der Waals surface area (Å²) in [5.41, 5.74) is 1.97. The van der Waals surface area contributed by atoms with Crippen LogP contribution in [0, 0.1) is 12.8 Å². The maximum Gasteiger partial charge on any atom is 0.253 e. The Hall–Kier alpha value is -0.830. The molecular weight excluding hydrogens is 314 g/mol. The van der Waals surface area contributed by atoms with Crippen LogP contribution in [0.3, 0.4) is 0 Å². The molecule has 1 aromatic carbocycles. The molecule has 0 spiro atoms. The number of benzene rings is 1. The maximum absolute atomic E-state index is 12.6. The molecule has 0 radical (unpaired) electrons. The van der Waals surface area contributed by atoms with Crippen LogP contribution in [0.5, 0.6) is 0 Å². The number of halogens is 1. The lowest BCUT2D eigenvalue weighted by Crippen LogP contribution is -2.32. The highest BCUT2D eigenvalue weighted by molar-refractivity contribution is 9.10. The smallest absolute Gasteiger partial charge is 0.253 e. The van der Waals surface area contributed by atoms with E-state index < -0.39 is 0 Å². The minimum absolute atomic E-state index is 0.183. The number of carbonyl (C=O) groups excluding carboxylic acids is 1. The zero-order valence-electron chi connectivity index (χ0n) is 12.5. The van der Waals surface area contributed by atoms with Gasteiger partial charge in [0.1, 0.15) is 0 Å². The summed E-state index contributed by atoms with van der Waals surface area (Å²) in [6.45, 7) is 6.11. The highest BCUT2D eigenvalue weighted by atomic mass is 79.9. The monoisotopic (exact) mass is 337 g/mol. The standard InChI is InChI=1S/C17H24BrNO/c1-3-5-14-6-4-10-19(11-9-14)17(20)15-8-7-13(2)16(18)12-15/h7-8,12,14H,3-6,9-11H2,1-2H3. The highest BCUT2D eigenvalue weighted by Gasteiger charge is 2.21. The van der Waals surface area contributed by atoms with Gasteiger partial charge in [0.05, 0.1) is 0 Å². The summed E-state index contributed by atoms with van der Waals surface area (Å²) in [7, 11) is 0. The number of hydrogen-bond acceptors (Lipinski definition) is 1. The van der Waals surface area contributed by atoms with Crippen LogP contribution < -0.4 is 0 Å². The lowest BCUT2D eigenvalue weighted by Gasteiger charge is -2.21. The number of hydrogen-bond donors (Lipinski definition) is 0. The van der Waals surface area contributed by atoms with Gasteiger partial charge in [-0.2, -0.15) is 0 Å². The molecule has 110 valence electrons. The summed E-state index contributed by atoms with van der Waals surface area (Å²) in [4.78, 5) is 14.6. The molecule has 1 saturated heterocycles. The molecule has 0 aliphatic carbocycles. The Morgan fingerprint density at radius 1 is 1.35 bits per heavy atom. The number of nitrogens with zero attached hydrogens (tertiary/aromatic N) is 1. The first-order valence-corrected chi connectivity index (χ1v) is 8.46. The number of amides is 1. The van der Waals surface area contributed by atoms with Gasteiger partial charge < -0.3 is 4.90 Å². The van der Waals surface area contributed by atoms with Gasteiger partial charge in [-0.15, -0.1) is 0 Å². The molecule has 0 bridgehead atoms. The molecule has 0 aromatic heterocycles. The molecule has 1 fully saturated rings. The topological polar surface area (TPSA) is 20.3 Å². The largest absolute Gasteiger partial charge is 0.339 e. The SMILES string of the molecule is CCCC1CCCN(C(=O)c2ccc(C)c(Br)c2)CC1. The van der Waals surface area contributed by atoms with Gasteiger partial charge in [-0.25, -0.2) is 0 Å². The van der Waals surface area contributed by atoms with Crippen LogP contribution >= 0.6 is 15.9 Å². The normalized spacial score (nSPS) is 19.8. The van der Waals surface area contributed by atoms with Gasteiger partial charge in [-0.05, 0) is 49.8 Å². The first-order valence-electron chi connectivity index (χ1n) is 7.67. The van der Waals surface area contributed by atoms with Crippen LogP contribution in [0.25, 0.3) is 0 Å². The fourth-order valence-corrected chi connectivity index (χ4v) is 3.35. The van der Waals surface area contributed by atoms with Crippen molar-refractivity contribution in [1.82, 2.24) is 4.90 Å². The van der Waals surface area contributed by atoms with E-state index in [4.69, 9.17) is 0 Å². The molecule has 0 N–H and O–H groups in total. The van der Waals surface area contributed by atoms with E-state index in [1.54, 1.807) is 0 Å². The second-order valence-corrected chi connectivity index (χ2v) is 6.70. The van der Waals surface area contributed by atoms with Crippen LogP contribution in [0.15, 0.2) is 22.7 Å². The Morgan fingerprint density at radius 3 is 2.85 bits per heavy atom. The molecule has 1 unspecified atom stereocenters. The van der Waals surface area contributed by atoms with Crippen LogP contribution in [0.2, 0.25) is 0 Å². The first kappa shape index (κ1) is 15.6. The predicted molar refractivity (Wildman–Crippen MR) is 87.0 cm³/mol. The molecule has 1 aromatic rings. The van der Waals surface area contributed by atoms with Gasteiger partial charge in [0.25, 0.3) is 5.91 Å². The average Bonchev–Trinajstić information content (AvgIpc) is 2.67. The van der Waals surface area contributed by atoms with Gasteiger partial charge in [0.2, 0.25) is 0 Å². The summed E-state index contributed by atoms with van der Waals surface area (Å²) in [5, 5.41) is 0. The zero-order valence-corrected chi connectivity index (χ0v) is 14.1. The van der Waals surface area contributed by atoms with Crippen molar-refractivity contribution >= 4 is 21.8 Å². The Balaban J connectivity index is 2.03. The Labute approximate surface area is 130 Å². The van der Waals surface area contributed by atoms with E-state index >= 15 is 0 Å². The summed E-state index contributed by atoms with van der Waals surface area (Å²) >= 11 is 3.51. The minimum atomic E-state index is 0.183. The van der Waals surface area contributed by atoms with Gasteiger partial charge in [0.15, 0.2) is 0 Å². The van der Waals surface area contributed by atoms with E-state index in [2.05, 4.69) is 22.9 Å². The van der Waals surface area contributed by atoms with E-state index in [-0.39, 0.29) is 5.91 Å². The van der Waals surface area contributed by atoms with Crippen LogP contribution in [-0.4, -0.2) is 23.9 Å². The summed E-state index contributed by atoms with van der Waals surface area (Å²) in [6, 6.07) is 5.90. The van der Waals surface area contributed by atoms with Crippen LogP contribution in [0.1, 0.15) is 54.9 Å². The third-order valence-corrected chi connectivity index (χ3v) is 5.10. The van der Waals surface area contributed by atoms with Crippen LogP contribution in [0.4, 0.5) is 0 Å². The van der Waals surface area contributed by atoms with E-state index in [9.17, 15) is 4.79 Å². The number of carbonyl (C=O) groups is 1. The van der Waals surface area contributed by atoms with E-state index in [0.717, 1.165) is 41.9 Å². The molecule has 1 amide bonds. The van der Waals surface area contributed by atoms with Crippen LogP contribution in [-0.2, 0) is 0 Å². The van der Waals surface area contributed by atoms with Crippen molar-refractivity contribution in [3.63, 3.8) is 0 Å². The maximum atomic E-state index is 12.6. The summed E-state index contributed by atoms with van der Waals surface area (Å²) < 4.78 is 1.02. The van der Waals surface area contributed by atoms with Crippen molar-refractivity contribution in [2.75, 3.05) is 13.1 Å². The molecule has 2 nitrogen and oxygen atoms in total. The molecule has 1 aliphatic rings. The lowest BCUT2D eigenvalue weighted by atomic mass is 9.96. The quantitative estimate of drug-likeness (QED) is 0.775. The van der Waals surface area contributed by atoms with Crippen molar-refractivity contribution < 1.29 is 4.79 Å². The minimum Gasteiger partial charge on any atom is -0.339 e. The van der Waals surface area contributed by atoms with Gasteiger partial charge in [-0.1, -0.05) is 41.8 Å². The summed E-state index contributed by atoms with van der Waals surface area (Å²) in [5.74, 6) is 0.991. The number of aryl methyl sites for hydroxylation is 1. The highest BCUT2D eigenvalue weighted by Crippen LogP contribution is 2.24. The summed E-state index contributed by atoms with van der Waals surface area (Å²) in [6.07, 6.45) is 6.13. The molecule has 3 heteroatoms. The predicted octanol–water partition coefficient (Wildman–Crippen LogP) is 4.80. The van der Waals surface area contributed by atoms with Crippen molar-refractivity contribution in [3.05, 3.63) is 33.8 Å². The Kier molecular flexibility index (Phi) is 5.64. The van der Waals surface area contributed by atoms with E-state index in [1.165, 1.54) is 24.8 Å². The van der Waals surface area contributed by atoms with Crippen molar-refractivity contribution in [1.29, 1.82) is 0 Å². The third-order valence-electron chi connectivity index (χ3n) is 4.25. The van der Waals surface area contributed by atoms with Gasteiger partial charge in [0, 0.05) is 23.1 Å². The zero-order chi connectivity index (χ0) is 14.5. The Morgan fingerprint density at radius 2 is 2.15 bits per heavy atom. The third kappa shape index (κ3) is 3.85. The first-order chi connectivity index (χ1) is 9.61. The molecule has 20 heavy (non-hydrogen) atoms. The van der Waals surface area contributed by atoms with Gasteiger partial charge in [-0.3, -0.25) is 4.79 Å². The van der Waals surface area contributed by atoms with Crippen molar-refractivity contribution in [2.45, 2.75) is 46.0 Å². The molecule has 1 aliphatic heterocycles. The Bertz CT molecular complexity index is 472. The second-order valence-electron chi connectivity index (χ2n) is 5.84. The molecule has 2 rings (SSSR count). The van der Waals surface area contributed by atoms with Crippen molar-refractivity contribution in [3.8, 4) is 0 Å². The second kappa shape index (κ2) is 7.26. The van der Waals surface area contributed by atoms with Gasteiger partial charge >= 0.3 is 0 Å². The lowest BCUT2D eigenvalue weighted by molar-refractivity contribution is 0.0760. The fraction of sp³-hybridized carbons (Fsp3) is 0.588. The molecular formula is C17H24BrNO. The molecule has 0 saturated carbocycles. The molecule has 1 heterocycles. The number of likely N-dealkylation sites (tertiary alicyclic amines) is 1. The fourth-order valence-electron chi connectivity index (χ4n) is 2.97. The van der Waals surface area contributed by atoms with E-state index in [0.29, 0.717) is 0 Å². The van der Waals surface area contributed by atoms with E-state index in [1.807, 2.05) is 30.0 Å². The average molecular weight is 338 g/mol.